The maximum atomic E-state index is 12.8. The van der Waals surface area contributed by atoms with Gasteiger partial charge in [0.2, 0.25) is 0 Å². The van der Waals surface area contributed by atoms with Crippen LogP contribution in [0.2, 0.25) is 0 Å². The van der Waals surface area contributed by atoms with Gasteiger partial charge in [-0.25, -0.2) is 17.7 Å². The molecule has 1 saturated carbocycles. The van der Waals surface area contributed by atoms with Crippen LogP contribution in [0.25, 0.3) is 11.0 Å². The van der Waals surface area contributed by atoms with Gasteiger partial charge in [-0.05, 0) is 63.1 Å². The number of nitrogens with zero attached hydrogens (tertiary/aromatic N) is 2. The first kappa shape index (κ1) is 19.7. The Morgan fingerprint density at radius 1 is 1.19 bits per heavy atom. The molecule has 0 unspecified atom stereocenters. The lowest BCUT2D eigenvalue weighted by Gasteiger charge is -2.22. The van der Waals surface area contributed by atoms with Crippen molar-refractivity contribution in [1.29, 1.82) is 0 Å². The van der Waals surface area contributed by atoms with Crippen LogP contribution in [0.3, 0.4) is 0 Å². The average molecular weight is 439 g/mol. The Kier molecular flexibility index (Phi) is 4.40. The normalized spacial score (nSPS) is 17.8. The molecular weight excluding hydrogens is 416 g/mol. The number of amides is 2. The van der Waals surface area contributed by atoms with Crippen LogP contribution in [-0.4, -0.2) is 40.5 Å². The third kappa shape index (κ3) is 3.11. The molecule has 1 aromatic heterocycles. The van der Waals surface area contributed by atoms with Gasteiger partial charge in [0.05, 0.1) is 16.6 Å². The second kappa shape index (κ2) is 6.91. The van der Waals surface area contributed by atoms with Crippen molar-refractivity contribution in [1.82, 2.24) is 14.3 Å². The fourth-order valence-electron chi connectivity index (χ4n) is 4.08. The lowest BCUT2D eigenvalue weighted by Crippen LogP contribution is -2.36. The lowest BCUT2D eigenvalue weighted by molar-refractivity contribution is 0.0846. The summed E-state index contributed by atoms with van der Waals surface area (Å²) in [6.45, 7) is 3.27. The van der Waals surface area contributed by atoms with Gasteiger partial charge in [-0.15, -0.1) is 0 Å². The molecule has 0 spiro atoms. The van der Waals surface area contributed by atoms with Crippen LogP contribution in [0.4, 0.5) is 5.69 Å². The predicted molar refractivity (Wildman–Crippen MR) is 116 cm³/mol. The molecule has 2 N–H and O–H groups in total. The van der Waals surface area contributed by atoms with E-state index in [0.29, 0.717) is 11.6 Å². The molecule has 1 aliphatic carbocycles. The van der Waals surface area contributed by atoms with E-state index < -0.39 is 27.9 Å². The van der Waals surface area contributed by atoms with Crippen molar-refractivity contribution in [2.75, 3.05) is 5.32 Å². The molecule has 1 aliphatic heterocycles. The molecule has 3 aromatic rings. The zero-order valence-electron chi connectivity index (χ0n) is 17.2. The number of fused-ring (bicyclic) bond motifs is 2. The molecule has 8 nitrogen and oxygen atoms in total. The topological polar surface area (TPSA) is 112 Å². The van der Waals surface area contributed by atoms with Crippen LogP contribution in [0.15, 0.2) is 41.3 Å². The molecule has 0 bridgehead atoms. The summed E-state index contributed by atoms with van der Waals surface area (Å²) in [5.41, 5.74) is 2.52. The largest absolute Gasteiger partial charge is 0.342 e. The number of rotatable bonds is 4. The van der Waals surface area contributed by atoms with E-state index in [2.05, 4.69) is 15.3 Å². The number of hydrogen-bond donors (Lipinski definition) is 2. The fourth-order valence-corrected chi connectivity index (χ4v) is 5.88. The molecule has 2 aliphatic rings. The van der Waals surface area contributed by atoms with Gasteiger partial charge in [-0.2, -0.15) is 0 Å². The Bertz CT molecular complexity index is 1340. The van der Waals surface area contributed by atoms with E-state index in [9.17, 15) is 18.0 Å². The van der Waals surface area contributed by atoms with Gasteiger partial charge in [-0.3, -0.25) is 9.59 Å². The van der Waals surface area contributed by atoms with E-state index in [4.69, 9.17) is 0 Å². The van der Waals surface area contributed by atoms with Crippen molar-refractivity contribution in [3.63, 3.8) is 0 Å². The van der Waals surface area contributed by atoms with E-state index in [-0.39, 0.29) is 16.0 Å². The summed E-state index contributed by atoms with van der Waals surface area (Å²) in [5, 5.41) is 2.80. The second-order valence-corrected chi connectivity index (χ2v) is 10.1. The molecule has 2 aromatic carbocycles. The molecule has 160 valence electrons. The van der Waals surface area contributed by atoms with E-state index in [1.54, 1.807) is 19.9 Å². The summed E-state index contributed by atoms with van der Waals surface area (Å²) in [6, 6.07) is 9.05. The van der Waals surface area contributed by atoms with Gasteiger partial charge < -0.3 is 10.3 Å². The third-order valence-corrected chi connectivity index (χ3v) is 7.93. The summed E-state index contributed by atoms with van der Waals surface area (Å²) in [7, 11) is -3.96. The Hall–Kier alpha value is -3.20. The number of aromatic amines is 1. The molecule has 0 radical (unpaired) electrons. The van der Waals surface area contributed by atoms with Crippen molar-refractivity contribution in [2.45, 2.75) is 50.0 Å². The Labute approximate surface area is 179 Å². The number of hydrogen-bond acceptors (Lipinski definition) is 5. The highest BCUT2D eigenvalue weighted by Crippen LogP contribution is 2.36. The smallest absolute Gasteiger partial charge is 0.269 e. The van der Waals surface area contributed by atoms with Crippen LogP contribution in [-0.2, 0) is 10.0 Å². The molecule has 5 rings (SSSR count). The highest BCUT2D eigenvalue weighted by atomic mass is 32.2. The number of carbonyl (C=O) groups excluding carboxylic acids is 2. The van der Waals surface area contributed by atoms with E-state index in [0.717, 1.165) is 34.0 Å². The molecule has 2 heterocycles. The summed E-state index contributed by atoms with van der Waals surface area (Å²) >= 11 is 0. The number of H-pyrrole nitrogens is 1. The van der Waals surface area contributed by atoms with Crippen LogP contribution >= 0.6 is 0 Å². The first-order chi connectivity index (χ1) is 14.8. The number of carbonyl (C=O) groups is 2. The van der Waals surface area contributed by atoms with Crippen LogP contribution in [0, 0.1) is 0 Å². The zero-order valence-corrected chi connectivity index (χ0v) is 18.0. The average Bonchev–Trinajstić information content (AvgIpc) is 3.15. The minimum absolute atomic E-state index is 0.0904. The van der Waals surface area contributed by atoms with Gasteiger partial charge in [0.25, 0.3) is 21.8 Å². The first-order valence-electron chi connectivity index (χ1n) is 10.3. The molecule has 9 heteroatoms. The molecule has 1 fully saturated rings. The van der Waals surface area contributed by atoms with Crippen molar-refractivity contribution >= 4 is 38.6 Å². The maximum Gasteiger partial charge on any atom is 0.269 e. The van der Waals surface area contributed by atoms with Gasteiger partial charge in [-0.1, -0.05) is 6.42 Å². The minimum Gasteiger partial charge on any atom is -0.342 e. The van der Waals surface area contributed by atoms with E-state index >= 15 is 0 Å². The highest BCUT2D eigenvalue weighted by Gasteiger charge is 2.42. The van der Waals surface area contributed by atoms with E-state index in [1.165, 1.54) is 24.6 Å². The summed E-state index contributed by atoms with van der Waals surface area (Å²) in [5.74, 6) is 0.440. The number of imidazole rings is 1. The second-order valence-electron chi connectivity index (χ2n) is 8.35. The maximum absolute atomic E-state index is 12.8. The van der Waals surface area contributed by atoms with Gasteiger partial charge in [0, 0.05) is 23.2 Å². The standard InChI is InChI=1S/C22H22N4O4S/c1-12(2)26-22(28)16-8-6-14(10-19(16)31(26,29)30)21(27)23-15-7-9-17-18(11-15)25-20(24-17)13-4-3-5-13/h6-13H,3-5H2,1-2H3,(H,23,27)(H,24,25). The van der Waals surface area contributed by atoms with Crippen LogP contribution < -0.4 is 5.32 Å². The molecular formula is C22H22N4O4S. The first-order valence-corrected chi connectivity index (χ1v) is 11.7. The van der Waals surface area contributed by atoms with Crippen LogP contribution in [0.1, 0.15) is 65.6 Å². The van der Waals surface area contributed by atoms with Gasteiger partial charge in [0.15, 0.2) is 0 Å². The molecule has 31 heavy (non-hydrogen) atoms. The van der Waals surface area contributed by atoms with E-state index in [1.807, 2.05) is 12.1 Å². The Balaban J connectivity index is 1.42. The number of anilines is 1. The number of benzene rings is 2. The van der Waals surface area contributed by atoms with Crippen molar-refractivity contribution in [3.8, 4) is 0 Å². The van der Waals surface area contributed by atoms with Crippen LogP contribution in [0.5, 0.6) is 0 Å². The quantitative estimate of drug-likeness (QED) is 0.646. The number of aromatic nitrogens is 2. The fraction of sp³-hybridized carbons (Fsp3) is 0.318. The van der Waals surface area contributed by atoms with Crippen molar-refractivity contribution in [3.05, 3.63) is 53.3 Å². The molecule has 2 amide bonds. The predicted octanol–water partition coefficient (Wildman–Crippen LogP) is 3.64. The van der Waals surface area contributed by atoms with Gasteiger partial charge in [0.1, 0.15) is 10.7 Å². The number of sulfonamides is 1. The summed E-state index contributed by atoms with van der Waals surface area (Å²) in [4.78, 5) is 33.1. The van der Waals surface area contributed by atoms with Crippen molar-refractivity contribution < 1.29 is 18.0 Å². The SMILES string of the molecule is CC(C)N1C(=O)c2ccc(C(=O)Nc3ccc4nc(C5CCC5)[nH]c4c3)cc2S1(=O)=O. The lowest BCUT2D eigenvalue weighted by atomic mass is 9.85. The highest BCUT2D eigenvalue weighted by molar-refractivity contribution is 7.90. The van der Waals surface area contributed by atoms with Gasteiger partial charge >= 0.3 is 0 Å². The monoisotopic (exact) mass is 438 g/mol. The number of nitrogens with one attached hydrogen (secondary N) is 2. The molecule has 0 atom stereocenters. The summed E-state index contributed by atoms with van der Waals surface area (Å²) < 4.78 is 26.4. The molecule has 0 saturated heterocycles. The Morgan fingerprint density at radius 2 is 1.97 bits per heavy atom. The minimum atomic E-state index is -3.96. The third-order valence-electron chi connectivity index (χ3n) is 5.93. The zero-order chi connectivity index (χ0) is 21.9. The van der Waals surface area contributed by atoms with Crippen molar-refractivity contribution in [2.24, 2.45) is 0 Å². The Morgan fingerprint density at radius 3 is 2.65 bits per heavy atom. The summed E-state index contributed by atoms with van der Waals surface area (Å²) in [6.07, 6.45) is 3.50.